The van der Waals surface area contributed by atoms with Gasteiger partial charge in [-0.05, 0) is 24.6 Å². The van der Waals surface area contributed by atoms with Crippen LogP contribution in [0.3, 0.4) is 0 Å². The van der Waals surface area contributed by atoms with Crippen LogP contribution in [0.2, 0.25) is 0 Å². The first-order valence-corrected chi connectivity index (χ1v) is 6.52. The largest absolute Gasteiger partial charge is 0.324 e. The number of fused-ring (bicyclic) bond motifs is 1. The molecule has 3 rings (SSSR count). The summed E-state index contributed by atoms with van der Waals surface area (Å²) in [6.45, 7) is 4.69. The third-order valence-corrected chi connectivity index (χ3v) is 4.21. The van der Waals surface area contributed by atoms with E-state index < -0.39 is 0 Å². The summed E-state index contributed by atoms with van der Waals surface area (Å²) in [4.78, 5) is 5.00. The van der Waals surface area contributed by atoms with Crippen molar-refractivity contribution in [3.8, 4) is 0 Å². The Labute approximate surface area is 140 Å². The highest BCUT2D eigenvalue weighted by Crippen LogP contribution is 2.40. The van der Waals surface area contributed by atoms with Crippen molar-refractivity contribution >= 4 is 37.2 Å². The summed E-state index contributed by atoms with van der Waals surface area (Å²) < 4.78 is 0. The quantitative estimate of drug-likeness (QED) is 0.853. The predicted molar refractivity (Wildman–Crippen MR) is 91.5 cm³/mol. The van der Waals surface area contributed by atoms with E-state index in [4.69, 9.17) is 5.73 Å². The van der Waals surface area contributed by atoms with Gasteiger partial charge >= 0.3 is 0 Å². The van der Waals surface area contributed by atoms with Crippen LogP contribution in [-0.2, 0) is 0 Å². The minimum atomic E-state index is 0. The standard InChI is InChI=1S/C14H21N3.3ClH/c1-16-6-8-17(9-7-16)14-10-13(15)11-4-2-3-5-12(11)14;;;/h2-5,13-14H,6-10,15H2,1H3;3*1H. The Morgan fingerprint density at radius 3 is 2.10 bits per heavy atom. The Balaban J connectivity index is 0.00000120. The lowest BCUT2D eigenvalue weighted by molar-refractivity contribution is 0.109. The number of likely N-dealkylation sites (N-methyl/N-ethyl adjacent to an activating group) is 1. The first-order chi connectivity index (χ1) is 8.25. The minimum Gasteiger partial charge on any atom is -0.324 e. The second kappa shape index (κ2) is 8.42. The van der Waals surface area contributed by atoms with E-state index in [0.29, 0.717) is 6.04 Å². The summed E-state index contributed by atoms with van der Waals surface area (Å²) in [5.41, 5.74) is 9.05. The van der Waals surface area contributed by atoms with E-state index in [1.165, 1.54) is 37.3 Å². The summed E-state index contributed by atoms with van der Waals surface area (Å²) in [6.07, 6.45) is 1.09. The maximum atomic E-state index is 6.23. The number of halogens is 3. The molecule has 116 valence electrons. The number of benzene rings is 1. The van der Waals surface area contributed by atoms with Crippen LogP contribution in [0.25, 0.3) is 0 Å². The highest BCUT2D eigenvalue weighted by molar-refractivity contribution is 5.86. The summed E-state index contributed by atoms with van der Waals surface area (Å²) in [6, 6.07) is 9.47. The average molecular weight is 341 g/mol. The molecule has 2 N–H and O–H groups in total. The molecule has 20 heavy (non-hydrogen) atoms. The summed E-state index contributed by atoms with van der Waals surface area (Å²) in [5, 5.41) is 0. The van der Waals surface area contributed by atoms with Crippen molar-refractivity contribution in [3.05, 3.63) is 35.4 Å². The Kier molecular flexibility index (Phi) is 8.41. The fourth-order valence-corrected chi connectivity index (χ4v) is 3.13. The van der Waals surface area contributed by atoms with Gasteiger partial charge in [0.2, 0.25) is 0 Å². The summed E-state index contributed by atoms with van der Waals surface area (Å²) in [7, 11) is 2.20. The zero-order valence-corrected chi connectivity index (χ0v) is 14.1. The number of hydrogen-bond acceptors (Lipinski definition) is 3. The van der Waals surface area contributed by atoms with Gasteiger partial charge in [0.25, 0.3) is 0 Å². The van der Waals surface area contributed by atoms with Crippen molar-refractivity contribution < 1.29 is 0 Å². The highest BCUT2D eigenvalue weighted by Gasteiger charge is 2.33. The smallest absolute Gasteiger partial charge is 0.0370 e. The van der Waals surface area contributed by atoms with Gasteiger partial charge < -0.3 is 10.6 Å². The van der Waals surface area contributed by atoms with Gasteiger partial charge in [-0.15, -0.1) is 37.2 Å². The molecule has 1 aliphatic heterocycles. The van der Waals surface area contributed by atoms with E-state index in [1.54, 1.807) is 0 Å². The molecule has 2 unspecified atom stereocenters. The molecule has 1 aromatic rings. The maximum absolute atomic E-state index is 6.23. The van der Waals surface area contributed by atoms with Gasteiger partial charge in [0.1, 0.15) is 0 Å². The van der Waals surface area contributed by atoms with Crippen LogP contribution < -0.4 is 5.73 Å². The van der Waals surface area contributed by atoms with Crippen LogP contribution in [0, 0.1) is 0 Å². The van der Waals surface area contributed by atoms with Gasteiger partial charge in [0, 0.05) is 38.3 Å². The third-order valence-electron chi connectivity index (χ3n) is 4.21. The van der Waals surface area contributed by atoms with Crippen LogP contribution in [0.1, 0.15) is 29.6 Å². The summed E-state index contributed by atoms with van der Waals surface area (Å²) >= 11 is 0. The topological polar surface area (TPSA) is 32.5 Å². The van der Waals surface area contributed by atoms with Crippen LogP contribution in [-0.4, -0.2) is 43.0 Å². The lowest BCUT2D eigenvalue weighted by atomic mass is 10.1. The fraction of sp³-hybridized carbons (Fsp3) is 0.571. The molecular weight excluding hydrogens is 317 g/mol. The molecule has 1 saturated heterocycles. The van der Waals surface area contributed by atoms with Crippen molar-refractivity contribution in [2.24, 2.45) is 5.73 Å². The van der Waals surface area contributed by atoms with Crippen molar-refractivity contribution in [3.63, 3.8) is 0 Å². The van der Waals surface area contributed by atoms with Gasteiger partial charge in [0.15, 0.2) is 0 Å². The Morgan fingerprint density at radius 1 is 0.950 bits per heavy atom. The molecule has 3 nitrogen and oxygen atoms in total. The Hall–Kier alpha value is -0.0300. The molecular formula is C14H24Cl3N3. The van der Waals surface area contributed by atoms with Crippen molar-refractivity contribution in [2.45, 2.75) is 18.5 Å². The summed E-state index contributed by atoms with van der Waals surface area (Å²) in [5.74, 6) is 0. The molecule has 0 bridgehead atoms. The van der Waals surface area contributed by atoms with E-state index in [2.05, 4.69) is 41.1 Å². The number of rotatable bonds is 1. The van der Waals surface area contributed by atoms with E-state index in [9.17, 15) is 0 Å². The van der Waals surface area contributed by atoms with E-state index in [-0.39, 0.29) is 43.3 Å². The van der Waals surface area contributed by atoms with Crippen LogP contribution >= 0.6 is 37.2 Å². The molecule has 2 atom stereocenters. The number of piperazine rings is 1. The monoisotopic (exact) mass is 339 g/mol. The fourth-order valence-electron chi connectivity index (χ4n) is 3.13. The maximum Gasteiger partial charge on any atom is 0.0370 e. The molecule has 1 heterocycles. The third kappa shape index (κ3) is 3.79. The highest BCUT2D eigenvalue weighted by atomic mass is 35.5. The molecule has 6 heteroatoms. The van der Waals surface area contributed by atoms with E-state index in [1.807, 2.05) is 0 Å². The molecule has 1 aromatic carbocycles. The van der Waals surface area contributed by atoms with Gasteiger partial charge in [-0.1, -0.05) is 24.3 Å². The second-order valence-electron chi connectivity index (χ2n) is 5.33. The molecule has 0 aromatic heterocycles. The van der Waals surface area contributed by atoms with Crippen LogP contribution in [0.4, 0.5) is 0 Å². The zero-order chi connectivity index (χ0) is 11.8. The molecule has 0 saturated carbocycles. The van der Waals surface area contributed by atoms with Gasteiger partial charge in [-0.25, -0.2) is 0 Å². The minimum absolute atomic E-state index is 0. The van der Waals surface area contributed by atoms with E-state index >= 15 is 0 Å². The first kappa shape index (κ1) is 20.0. The van der Waals surface area contributed by atoms with Gasteiger partial charge in [-0.3, -0.25) is 4.90 Å². The number of nitrogens with two attached hydrogens (primary N) is 1. The number of nitrogens with zero attached hydrogens (tertiary/aromatic N) is 2. The van der Waals surface area contributed by atoms with Gasteiger partial charge in [-0.2, -0.15) is 0 Å². The molecule has 1 fully saturated rings. The average Bonchev–Trinajstić information content (AvgIpc) is 2.69. The zero-order valence-electron chi connectivity index (χ0n) is 11.7. The van der Waals surface area contributed by atoms with Crippen LogP contribution in [0.5, 0.6) is 0 Å². The molecule has 0 radical (unpaired) electrons. The predicted octanol–water partition coefficient (Wildman–Crippen LogP) is 2.64. The Morgan fingerprint density at radius 2 is 1.50 bits per heavy atom. The lowest BCUT2D eigenvalue weighted by Crippen LogP contribution is -2.45. The molecule has 0 amide bonds. The van der Waals surface area contributed by atoms with E-state index in [0.717, 1.165) is 6.42 Å². The van der Waals surface area contributed by atoms with Crippen molar-refractivity contribution in [1.29, 1.82) is 0 Å². The van der Waals surface area contributed by atoms with Crippen LogP contribution in [0.15, 0.2) is 24.3 Å². The SMILES string of the molecule is CN1CCN(C2CC(N)c3ccccc32)CC1.Cl.Cl.Cl. The number of hydrogen-bond donors (Lipinski definition) is 1. The molecule has 0 spiro atoms. The molecule has 2 aliphatic rings. The normalized spacial score (nSPS) is 25.9. The first-order valence-electron chi connectivity index (χ1n) is 6.52. The van der Waals surface area contributed by atoms with Crippen molar-refractivity contribution in [2.75, 3.05) is 33.2 Å². The lowest BCUT2D eigenvalue weighted by Gasteiger charge is -2.36. The Bertz CT molecular complexity index is 408. The van der Waals surface area contributed by atoms with Crippen molar-refractivity contribution in [1.82, 2.24) is 9.80 Å². The second-order valence-corrected chi connectivity index (χ2v) is 5.33. The van der Waals surface area contributed by atoms with Gasteiger partial charge in [0.05, 0.1) is 0 Å². The molecule has 1 aliphatic carbocycles.